The lowest BCUT2D eigenvalue weighted by molar-refractivity contribution is -0.142. The Balaban J connectivity index is 1.61. The monoisotopic (exact) mass is 350 g/mol. The third kappa shape index (κ3) is 3.69. The molecule has 0 saturated carbocycles. The summed E-state index contributed by atoms with van der Waals surface area (Å²) in [6.45, 7) is 6.05. The molecule has 1 atom stereocenters. The van der Waals surface area contributed by atoms with Crippen molar-refractivity contribution >= 4 is 11.9 Å². The molecule has 2 aliphatic rings. The minimum Gasteiger partial charge on any atom is -0.480 e. The Morgan fingerprint density at radius 2 is 2.08 bits per heavy atom. The maximum atomic E-state index is 11.6. The lowest BCUT2D eigenvalue weighted by atomic mass is 9.76. The predicted octanol–water partition coefficient (Wildman–Crippen LogP) is 1.26. The summed E-state index contributed by atoms with van der Waals surface area (Å²) in [6, 6.07) is -0.362. The fraction of sp³-hybridized carbons (Fsp3) is 0.706. The van der Waals surface area contributed by atoms with E-state index in [9.17, 15) is 14.7 Å². The molecule has 138 valence electrons. The Labute approximate surface area is 146 Å². The van der Waals surface area contributed by atoms with Gasteiger partial charge >= 0.3 is 11.9 Å². The van der Waals surface area contributed by atoms with Gasteiger partial charge in [-0.25, -0.2) is 4.79 Å². The van der Waals surface area contributed by atoms with Crippen molar-refractivity contribution in [3.63, 3.8) is 0 Å². The Bertz CT molecular complexity index is 636. The molecule has 1 spiro atoms. The number of carboxylic acid groups (broad SMARTS) is 2. The highest BCUT2D eigenvalue weighted by atomic mass is 16.4. The Hall–Kier alpha value is -1.93. The van der Waals surface area contributed by atoms with Crippen LogP contribution in [0.5, 0.6) is 0 Å². The van der Waals surface area contributed by atoms with Crippen LogP contribution in [0, 0.1) is 5.41 Å². The van der Waals surface area contributed by atoms with Gasteiger partial charge in [0.1, 0.15) is 11.7 Å². The van der Waals surface area contributed by atoms with Crippen molar-refractivity contribution in [2.45, 2.75) is 45.2 Å². The first-order valence-corrected chi connectivity index (χ1v) is 8.89. The number of rotatable bonds is 6. The number of aromatic amines is 1. The fourth-order valence-electron chi connectivity index (χ4n) is 4.32. The van der Waals surface area contributed by atoms with Crippen LogP contribution in [0.2, 0.25) is 0 Å². The lowest BCUT2D eigenvalue weighted by Crippen LogP contribution is -2.41. The largest absolute Gasteiger partial charge is 0.480 e. The SMILES string of the molecule is CCCN1CC2(CCN(Cc3cn[nH]c3C(=O)O)CC2)C[C@H]1C(=O)O. The van der Waals surface area contributed by atoms with Gasteiger partial charge in [-0.3, -0.25) is 19.7 Å². The molecule has 2 fully saturated rings. The number of nitrogens with zero attached hydrogens (tertiary/aromatic N) is 3. The van der Waals surface area contributed by atoms with Crippen molar-refractivity contribution in [2.24, 2.45) is 5.41 Å². The lowest BCUT2D eigenvalue weighted by Gasteiger charge is -2.39. The number of nitrogens with one attached hydrogen (secondary N) is 1. The van der Waals surface area contributed by atoms with Crippen LogP contribution in [0.15, 0.2) is 6.20 Å². The van der Waals surface area contributed by atoms with Gasteiger partial charge in [0, 0.05) is 18.7 Å². The predicted molar refractivity (Wildman–Crippen MR) is 90.4 cm³/mol. The van der Waals surface area contributed by atoms with E-state index < -0.39 is 11.9 Å². The fourth-order valence-corrected chi connectivity index (χ4v) is 4.32. The quantitative estimate of drug-likeness (QED) is 0.708. The molecule has 0 radical (unpaired) electrons. The number of likely N-dealkylation sites (tertiary alicyclic amines) is 2. The van der Waals surface area contributed by atoms with Gasteiger partial charge in [0.15, 0.2) is 0 Å². The van der Waals surface area contributed by atoms with Crippen molar-refractivity contribution in [3.8, 4) is 0 Å². The average molecular weight is 350 g/mol. The van der Waals surface area contributed by atoms with Crippen LogP contribution in [-0.4, -0.2) is 74.4 Å². The van der Waals surface area contributed by atoms with E-state index in [1.165, 1.54) is 0 Å². The molecule has 1 aromatic heterocycles. The van der Waals surface area contributed by atoms with E-state index in [1.54, 1.807) is 6.20 Å². The van der Waals surface area contributed by atoms with Crippen molar-refractivity contribution in [1.29, 1.82) is 0 Å². The summed E-state index contributed by atoms with van der Waals surface area (Å²) in [5.41, 5.74) is 0.938. The van der Waals surface area contributed by atoms with Crippen LogP contribution < -0.4 is 0 Å². The molecule has 2 saturated heterocycles. The summed E-state index contributed by atoms with van der Waals surface area (Å²) in [7, 11) is 0. The van der Waals surface area contributed by atoms with Gasteiger partial charge in [-0.05, 0) is 50.7 Å². The van der Waals surface area contributed by atoms with E-state index in [1.807, 2.05) is 0 Å². The summed E-state index contributed by atoms with van der Waals surface area (Å²) >= 11 is 0. The Morgan fingerprint density at radius 3 is 2.68 bits per heavy atom. The standard InChI is InChI=1S/C17H26N4O4/c1-2-5-21-11-17(8-13(21)15(22)23)3-6-20(7-4-17)10-12-9-18-19-14(12)16(24)25/h9,13H,2-8,10-11H2,1H3,(H,18,19)(H,22,23)(H,24,25)/t13-/m0/s1. The molecule has 8 heteroatoms. The molecule has 0 bridgehead atoms. The first kappa shape index (κ1) is 17.9. The van der Waals surface area contributed by atoms with E-state index in [0.29, 0.717) is 12.1 Å². The number of H-pyrrole nitrogens is 1. The highest BCUT2D eigenvalue weighted by Gasteiger charge is 2.47. The van der Waals surface area contributed by atoms with Crippen LogP contribution in [-0.2, 0) is 11.3 Å². The number of aromatic carboxylic acids is 1. The second-order valence-electron chi connectivity index (χ2n) is 7.38. The highest BCUT2D eigenvalue weighted by molar-refractivity contribution is 5.86. The summed E-state index contributed by atoms with van der Waals surface area (Å²) in [5.74, 6) is -1.70. The molecule has 8 nitrogen and oxygen atoms in total. The van der Waals surface area contributed by atoms with Gasteiger partial charge in [-0.2, -0.15) is 5.10 Å². The first-order chi connectivity index (χ1) is 11.9. The zero-order valence-corrected chi connectivity index (χ0v) is 14.6. The van der Waals surface area contributed by atoms with Gasteiger partial charge in [0.25, 0.3) is 0 Å². The van der Waals surface area contributed by atoms with Crippen LogP contribution in [0.4, 0.5) is 0 Å². The molecule has 0 aromatic carbocycles. The number of aliphatic carboxylic acids is 1. The summed E-state index contributed by atoms with van der Waals surface area (Å²) in [4.78, 5) is 27.1. The minimum absolute atomic E-state index is 0.0841. The Kier molecular flexibility index (Phi) is 5.10. The van der Waals surface area contributed by atoms with Gasteiger partial charge < -0.3 is 10.2 Å². The maximum absolute atomic E-state index is 11.6. The number of hydrogen-bond acceptors (Lipinski definition) is 5. The number of carbonyl (C=O) groups is 2. The number of aromatic nitrogens is 2. The van der Waals surface area contributed by atoms with Crippen LogP contribution in [0.1, 0.15) is 48.7 Å². The molecule has 25 heavy (non-hydrogen) atoms. The summed E-state index contributed by atoms with van der Waals surface area (Å²) in [6.07, 6.45) is 5.17. The molecule has 3 rings (SSSR count). The van der Waals surface area contributed by atoms with Gasteiger partial charge in [-0.1, -0.05) is 6.92 Å². The van der Waals surface area contributed by atoms with Gasteiger partial charge in [0.05, 0.1) is 6.20 Å². The average Bonchev–Trinajstić information content (AvgIpc) is 3.16. The molecular formula is C17H26N4O4. The topological polar surface area (TPSA) is 110 Å². The second-order valence-corrected chi connectivity index (χ2v) is 7.38. The Morgan fingerprint density at radius 1 is 1.36 bits per heavy atom. The van der Waals surface area contributed by atoms with Gasteiger partial charge in [-0.15, -0.1) is 0 Å². The smallest absolute Gasteiger partial charge is 0.354 e. The first-order valence-electron chi connectivity index (χ1n) is 8.89. The van der Waals surface area contributed by atoms with E-state index in [0.717, 1.165) is 51.9 Å². The van der Waals surface area contributed by atoms with E-state index in [-0.39, 0.29) is 17.2 Å². The van der Waals surface area contributed by atoms with E-state index in [4.69, 9.17) is 5.11 Å². The highest BCUT2D eigenvalue weighted by Crippen LogP contribution is 2.43. The van der Waals surface area contributed by atoms with Crippen LogP contribution in [0.25, 0.3) is 0 Å². The molecular weight excluding hydrogens is 324 g/mol. The second kappa shape index (κ2) is 7.13. The van der Waals surface area contributed by atoms with E-state index in [2.05, 4.69) is 26.9 Å². The van der Waals surface area contributed by atoms with Crippen LogP contribution >= 0.6 is 0 Å². The number of piperidine rings is 1. The summed E-state index contributed by atoms with van der Waals surface area (Å²) < 4.78 is 0. The number of carboxylic acids is 2. The summed E-state index contributed by atoms with van der Waals surface area (Å²) in [5, 5.41) is 25.0. The zero-order chi connectivity index (χ0) is 18.0. The third-order valence-electron chi connectivity index (χ3n) is 5.64. The van der Waals surface area contributed by atoms with Crippen molar-refractivity contribution < 1.29 is 19.8 Å². The third-order valence-corrected chi connectivity index (χ3v) is 5.64. The van der Waals surface area contributed by atoms with Gasteiger partial charge in [0.2, 0.25) is 0 Å². The van der Waals surface area contributed by atoms with Crippen LogP contribution in [0.3, 0.4) is 0 Å². The molecule has 0 amide bonds. The van der Waals surface area contributed by atoms with Crippen molar-refractivity contribution in [1.82, 2.24) is 20.0 Å². The molecule has 3 heterocycles. The zero-order valence-electron chi connectivity index (χ0n) is 14.6. The molecule has 0 unspecified atom stereocenters. The number of hydrogen-bond donors (Lipinski definition) is 3. The molecule has 2 aliphatic heterocycles. The maximum Gasteiger partial charge on any atom is 0.354 e. The van der Waals surface area contributed by atoms with E-state index >= 15 is 0 Å². The normalized spacial score (nSPS) is 24.0. The molecule has 1 aromatic rings. The molecule has 0 aliphatic carbocycles. The van der Waals surface area contributed by atoms with Crippen molar-refractivity contribution in [3.05, 3.63) is 17.5 Å². The molecule has 3 N–H and O–H groups in total. The minimum atomic E-state index is -0.990. The van der Waals surface area contributed by atoms with Crippen molar-refractivity contribution in [2.75, 3.05) is 26.2 Å².